The zero-order valence-electron chi connectivity index (χ0n) is 10.6. The molecule has 0 saturated carbocycles. The molecular formula is C14H15ClN2O2. The highest BCUT2D eigenvalue weighted by Gasteiger charge is 2.09. The van der Waals surface area contributed by atoms with Gasteiger partial charge in [-0.3, -0.25) is 9.78 Å². The predicted octanol–water partition coefficient (Wildman–Crippen LogP) is 2.84. The van der Waals surface area contributed by atoms with Crippen molar-refractivity contribution in [2.75, 3.05) is 6.61 Å². The fourth-order valence-electron chi connectivity index (χ4n) is 1.90. The van der Waals surface area contributed by atoms with Crippen LogP contribution in [0.1, 0.15) is 18.4 Å². The third kappa shape index (κ3) is 3.15. The van der Waals surface area contributed by atoms with E-state index in [2.05, 4.69) is 4.98 Å². The van der Waals surface area contributed by atoms with Crippen molar-refractivity contribution >= 4 is 28.4 Å². The van der Waals surface area contributed by atoms with Gasteiger partial charge in [0.2, 0.25) is 5.91 Å². The molecule has 0 bridgehead atoms. The summed E-state index contributed by atoms with van der Waals surface area (Å²) < 4.78 is 5.65. The maximum atomic E-state index is 10.6. The molecule has 19 heavy (non-hydrogen) atoms. The fourth-order valence-corrected chi connectivity index (χ4v) is 2.20. The molecule has 0 aliphatic carbocycles. The number of primary amides is 1. The summed E-state index contributed by atoms with van der Waals surface area (Å²) in [6.45, 7) is 2.40. The highest BCUT2D eigenvalue weighted by molar-refractivity contribution is 6.35. The normalized spacial score (nSPS) is 10.6. The lowest BCUT2D eigenvalue weighted by atomic mass is 10.1. The third-order valence-corrected chi connectivity index (χ3v) is 3.15. The quantitative estimate of drug-likeness (QED) is 0.855. The minimum atomic E-state index is -0.321. The van der Waals surface area contributed by atoms with Gasteiger partial charge in [0.15, 0.2) is 0 Å². The number of rotatable bonds is 5. The lowest BCUT2D eigenvalue weighted by molar-refractivity contribution is -0.118. The zero-order valence-corrected chi connectivity index (χ0v) is 11.4. The van der Waals surface area contributed by atoms with E-state index in [-0.39, 0.29) is 5.91 Å². The second kappa shape index (κ2) is 5.89. The predicted molar refractivity (Wildman–Crippen MR) is 75.4 cm³/mol. The Morgan fingerprint density at radius 2 is 2.21 bits per heavy atom. The lowest BCUT2D eigenvalue weighted by Crippen LogP contribution is -2.11. The van der Waals surface area contributed by atoms with E-state index in [1.807, 2.05) is 13.0 Å². The Kier molecular flexibility index (Phi) is 4.22. The molecule has 0 aliphatic heterocycles. The Morgan fingerprint density at radius 1 is 1.42 bits per heavy atom. The van der Waals surface area contributed by atoms with E-state index in [4.69, 9.17) is 22.1 Å². The van der Waals surface area contributed by atoms with E-state index in [0.717, 1.165) is 16.5 Å². The molecule has 2 rings (SSSR count). The largest absolute Gasteiger partial charge is 0.491 e. The first-order valence-corrected chi connectivity index (χ1v) is 6.42. The first-order valence-electron chi connectivity index (χ1n) is 6.04. The Balaban J connectivity index is 2.22. The van der Waals surface area contributed by atoms with Crippen LogP contribution in [0.25, 0.3) is 10.9 Å². The van der Waals surface area contributed by atoms with Crippen molar-refractivity contribution in [1.82, 2.24) is 4.98 Å². The van der Waals surface area contributed by atoms with Crippen LogP contribution in [0.5, 0.6) is 5.75 Å². The fraction of sp³-hybridized carbons (Fsp3) is 0.286. The van der Waals surface area contributed by atoms with Crippen LogP contribution < -0.4 is 10.5 Å². The molecule has 0 spiro atoms. The number of nitrogens with zero attached hydrogens (tertiary/aromatic N) is 1. The summed E-state index contributed by atoms with van der Waals surface area (Å²) in [7, 11) is 0. The highest BCUT2D eigenvalue weighted by atomic mass is 35.5. The second-order valence-electron chi connectivity index (χ2n) is 4.32. The number of ether oxygens (including phenoxy) is 1. The van der Waals surface area contributed by atoms with E-state index >= 15 is 0 Å². The van der Waals surface area contributed by atoms with E-state index in [9.17, 15) is 4.79 Å². The van der Waals surface area contributed by atoms with Crippen molar-refractivity contribution in [3.8, 4) is 5.75 Å². The third-order valence-electron chi connectivity index (χ3n) is 2.84. The molecule has 4 nitrogen and oxygen atoms in total. The molecule has 0 atom stereocenters. The van der Waals surface area contributed by atoms with Crippen LogP contribution in [0, 0.1) is 6.92 Å². The van der Waals surface area contributed by atoms with Crippen molar-refractivity contribution in [3.63, 3.8) is 0 Å². The Hall–Kier alpha value is -1.81. The molecule has 100 valence electrons. The number of halogens is 1. The zero-order chi connectivity index (χ0) is 13.8. The number of pyridine rings is 1. The summed E-state index contributed by atoms with van der Waals surface area (Å²) >= 11 is 6.18. The van der Waals surface area contributed by atoms with Crippen molar-refractivity contribution in [2.24, 2.45) is 5.73 Å². The van der Waals surface area contributed by atoms with Gasteiger partial charge >= 0.3 is 0 Å². The minimum Gasteiger partial charge on any atom is -0.491 e. The Morgan fingerprint density at radius 3 is 2.95 bits per heavy atom. The summed E-state index contributed by atoms with van der Waals surface area (Å²) in [6.07, 6.45) is 2.63. The van der Waals surface area contributed by atoms with Gasteiger partial charge in [-0.05, 0) is 37.1 Å². The van der Waals surface area contributed by atoms with Gasteiger partial charge in [0.25, 0.3) is 0 Å². The van der Waals surface area contributed by atoms with E-state index < -0.39 is 0 Å². The molecule has 5 heteroatoms. The molecule has 2 aromatic rings. The second-order valence-corrected chi connectivity index (χ2v) is 4.72. The molecular weight excluding hydrogens is 264 g/mol. The van der Waals surface area contributed by atoms with Crippen molar-refractivity contribution in [1.29, 1.82) is 0 Å². The van der Waals surface area contributed by atoms with Crippen LogP contribution in [0.2, 0.25) is 5.02 Å². The van der Waals surface area contributed by atoms with Crippen LogP contribution >= 0.6 is 11.6 Å². The molecule has 1 heterocycles. The highest BCUT2D eigenvalue weighted by Crippen LogP contribution is 2.31. The van der Waals surface area contributed by atoms with Crippen LogP contribution in [-0.2, 0) is 4.79 Å². The summed E-state index contributed by atoms with van der Waals surface area (Å²) in [5.41, 5.74) is 6.87. The topological polar surface area (TPSA) is 65.2 Å². The van der Waals surface area contributed by atoms with Crippen LogP contribution in [0.15, 0.2) is 24.4 Å². The summed E-state index contributed by atoms with van der Waals surface area (Å²) in [4.78, 5) is 15.0. The van der Waals surface area contributed by atoms with Gasteiger partial charge < -0.3 is 10.5 Å². The standard InChI is InChI=1S/C14H15ClN2O2/c1-9-6-7-17-14-11(5-4-10(15)13(9)14)19-8-2-3-12(16)18/h4-7H,2-3,8H2,1H3,(H2,16,18). The van der Waals surface area contributed by atoms with Gasteiger partial charge in [0, 0.05) is 18.0 Å². The molecule has 0 fully saturated rings. The number of hydrogen-bond donors (Lipinski definition) is 1. The number of hydrogen-bond acceptors (Lipinski definition) is 3. The lowest BCUT2D eigenvalue weighted by Gasteiger charge is -2.10. The van der Waals surface area contributed by atoms with Crippen molar-refractivity contribution < 1.29 is 9.53 Å². The van der Waals surface area contributed by atoms with Crippen LogP contribution in [-0.4, -0.2) is 17.5 Å². The number of aromatic nitrogens is 1. The van der Waals surface area contributed by atoms with Gasteiger partial charge in [-0.2, -0.15) is 0 Å². The first-order chi connectivity index (χ1) is 9.09. The number of fused-ring (bicyclic) bond motifs is 1. The first kappa shape index (κ1) is 13.6. The smallest absolute Gasteiger partial charge is 0.217 e. The van der Waals surface area contributed by atoms with Gasteiger partial charge in [-0.15, -0.1) is 0 Å². The maximum absolute atomic E-state index is 10.6. The average molecular weight is 279 g/mol. The van der Waals surface area contributed by atoms with Gasteiger partial charge in [-0.1, -0.05) is 11.6 Å². The molecule has 0 radical (unpaired) electrons. The Bertz CT molecular complexity index is 605. The van der Waals surface area contributed by atoms with Gasteiger partial charge in [0.05, 0.1) is 11.6 Å². The molecule has 1 aromatic heterocycles. The van der Waals surface area contributed by atoms with E-state index in [1.54, 1.807) is 18.3 Å². The number of amides is 1. The SMILES string of the molecule is Cc1ccnc2c(OCCCC(N)=O)ccc(Cl)c12. The number of carbonyl (C=O) groups is 1. The number of carbonyl (C=O) groups excluding carboxylic acids is 1. The Labute approximate surface area is 116 Å². The monoisotopic (exact) mass is 278 g/mol. The van der Waals surface area contributed by atoms with Crippen LogP contribution in [0.3, 0.4) is 0 Å². The molecule has 0 unspecified atom stereocenters. The number of benzene rings is 1. The summed E-state index contributed by atoms with van der Waals surface area (Å²) in [6, 6.07) is 5.49. The summed E-state index contributed by atoms with van der Waals surface area (Å²) in [5.74, 6) is 0.353. The minimum absolute atomic E-state index is 0.317. The van der Waals surface area contributed by atoms with E-state index in [0.29, 0.717) is 30.2 Å². The number of nitrogens with two attached hydrogens (primary N) is 1. The van der Waals surface area contributed by atoms with Gasteiger partial charge in [-0.25, -0.2) is 0 Å². The molecule has 1 amide bonds. The molecule has 2 N–H and O–H groups in total. The summed E-state index contributed by atoms with van der Waals surface area (Å²) in [5, 5.41) is 1.56. The van der Waals surface area contributed by atoms with E-state index in [1.165, 1.54) is 0 Å². The molecule has 1 aromatic carbocycles. The van der Waals surface area contributed by atoms with Crippen LogP contribution in [0.4, 0.5) is 0 Å². The molecule has 0 aliphatic rings. The maximum Gasteiger partial charge on any atom is 0.217 e. The van der Waals surface area contributed by atoms with Gasteiger partial charge in [0.1, 0.15) is 11.3 Å². The molecule has 0 saturated heterocycles. The average Bonchev–Trinajstić information content (AvgIpc) is 2.36. The number of aryl methyl sites for hydroxylation is 1. The van der Waals surface area contributed by atoms with Crippen molar-refractivity contribution in [3.05, 3.63) is 35.0 Å². The van der Waals surface area contributed by atoms with Crippen molar-refractivity contribution in [2.45, 2.75) is 19.8 Å².